The molecule has 0 aliphatic carbocycles. The lowest BCUT2D eigenvalue weighted by Crippen LogP contribution is -2.37. The van der Waals surface area contributed by atoms with E-state index in [-0.39, 0.29) is 36.8 Å². The highest BCUT2D eigenvalue weighted by molar-refractivity contribution is 9.10. The molecule has 3 heterocycles. The van der Waals surface area contributed by atoms with E-state index in [9.17, 15) is 4.79 Å². The Bertz CT molecular complexity index is 793. The predicted octanol–water partition coefficient (Wildman–Crippen LogP) is 3.74. The van der Waals surface area contributed by atoms with Gasteiger partial charge in [-0.3, -0.25) is 4.79 Å². The maximum atomic E-state index is 12.2. The Morgan fingerprint density at radius 3 is 2.86 bits per heavy atom. The van der Waals surface area contributed by atoms with Crippen molar-refractivity contribution in [3.8, 4) is 5.75 Å². The van der Waals surface area contributed by atoms with Crippen LogP contribution in [-0.4, -0.2) is 65.5 Å². The number of aryl methyl sites for hydroxylation is 1. The van der Waals surface area contributed by atoms with Gasteiger partial charge in [-0.2, -0.15) is 0 Å². The molecule has 1 saturated heterocycles. The van der Waals surface area contributed by atoms with Gasteiger partial charge in [0.05, 0.1) is 18.8 Å². The topological polar surface area (TPSA) is 70.6 Å². The molecule has 2 aromatic heterocycles. The highest BCUT2D eigenvalue weighted by atomic mass is 79.9. The SMILES string of the molecule is Cc1csc(Nc2ncc(Br)cc2OC2CCN(C(=O)CN(C)C)C2)n1.Cl.Cl. The number of carbonyl (C=O) groups excluding carboxylic acids is 1. The smallest absolute Gasteiger partial charge is 0.236 e. The summed E-state index contributed by atoms with van der Waals surface area (Å²) < 4.78 is 7.01. The molecule has 1 aliphatic heterocycles. The van der Waals surface area contributed by atoms with E-state index in [1.54, 1.807) is 6.20 Å². The molecule has 7 nitrogen and oxygen atoms in total. The van der Waals surface area contributed by atoms with Gasteiger partial charge in [0, 0.05) is 29.0 Å². The minimum absolute atomic E-state index is 0. The van der Waals surface area contributed by atoms with Crippen LogP contribution in [0.4, 0.5) is 10.9 Å². The second-order valence-electron chi connectivity index (χ2n) is 6.53. The van der Waals surface area contributed by atoms with Crippen LogP contribution in [0.3, 0.4) is 0 Å². The van der Waals surface area contributed by atoms with Gasteiger partial charge >= 0.3 is 0 Å². The van der Waals surface area contributed by atoms with E-state index in [0.717, 1.165) is 21.7 Å². The Morgan fingerprint density at radius 1 is 1.46 bits per heavy atom. The Kier molecular flexibility index (Phi) is 9.92. The van der Waals surface area contributed by atoms with Crippen LogP contribution in [0.1, 0.15) is 12.1 Å². The average Bonchev–Trinajstić information content (AvgIpc) is 3.18. The maximum Gasteiger partial charge on any atom is 0.236 e. The van der Waals surface area contributed by atoms with Crippen molar-refractivity contribution in [3.05, 3.63) is 27.8 Å². The third-order valence-corrected chi connectivity index (χ3v) is 5.22. The number of anilines is 2. The van der Waals surface area contributed by atoms with Crippen LogP contribution in [0.15, 0.2) is 22.1 Å². The van der Waals surface area contributed by atoms with Gasteiger partial charge < -0.3 is 19.9 Å². The number of hydrogen-bond donors (Lipinski definition) is 1. The first-order valence-corrected chi connectivity index (χ1v) is 10.0. The van der Waals surface area contributed by atoms with Crippen LogP contribution in [0.25, 0.3) is 0 Å². The fourth-order valence-electron chi connectivity index (χ4n) is 2.72. The zero-order chi connectivity index (χ0) is 18.7. The molecule has 0 saturated carbocycles. The normalized spacial score (nSPS) is 15.8. The lowest BCUT2D eigenvalue weighted by atomic mass is 10.3. The van der Waals surface area contributed by atoms with E-state index in [0.29, 0.717) is 31.2 Å². The van der Waals surface area contributed by atoms with Gasteiger partial charge in [0.2, 0.25) is 5.91 Å². The molecule has 1 unspecified atom stereocenters. The highest BCUT2D eigenvalue weighted by Crippen LogP contribution is 2.31. The van der Waals surface area contributed by atoms with Gasteiger partial charge in [-0.05, 0) is 43.0 Å². The van der Waals surface area contributed by atoms with Gasteiger partial charge in [-0.25, -0.2) is 9.97 Å². The van der Waals surface area contributed by atoms with Crippen molar-refractivity contribution in [2.75, 3.05) is 39.0 Å². The van der Waals surface area contributed by atoms with E-state index in [1.807, 2.05) is 42.3 Å². The first-order valence-electron chi connectivity index (χ1n) is 8.34. The van der Waals surface area contributed by atoms with E-state index in [1.165, 1.54) is 11.3 Å². The summed E-state index contributed by atoms with van der Waals surface area (Å²) in [6.07, 6.45) is 2.48. The Labute approximate surface area is 189 Å². The molecular formula is C17H24BrCl2N5O2S. The molecule has 0 radical (unpaired) electrons. The van der Waals surface area contributed by atoms with Crippen LogP contribution in [0, 0.1) is 6.92 Å². The number of halogens is 3. The number of aromatic nitrogens is 2. The fourth-order valence-corrected chi connectivity index (χ4v) is 3.72. The zero-order valence-corrected chi connectivity index (χ0v) is 19.9. The van der Waals surface area contributed by atoms with E-state index < -0.39 is 0 Å². The number of likely N-dealkylation sites (N-methyl/N-ethyl adjacent to an activating group) is 1. The van der Waals surface area contributed by atoms with Crippen molar-refractivity contribution < 1.29 is 9.53 Å². The molecule has 11 heteroatoms. The van der Waals surface area contributed by atoms with Gasteiger partial charge in [0.25, 0.3) is 0 Å². The summed E-state index contributed by atoms with van der Waals surface area (Å²) in [5.41, 5.74) is 0.961. The number of likely N-dealkylation sites (tertiary alicyclic amines) is 1. The molecule has 0 spiro atoms. The minimum atomic E-state index is -0.0456. The van der Waals surface area contributed by atoms with Crippen molar-refractivity contribution in [2.24, 2.45) is 0 Å². The highest BCUT2D eigenvalue weighted by Gasteiger charge is 2.28. The maximum absolute atomic E-state index is 12.2. The molecule has 1 N–H and O–H groups in total. The summed E-state index contributed by atoms with van der Waals surface area (Å²) in [6.45, 7) is 3.68. The second-order valence-corrected chi connectivity index (χ2v) is 8.30. The van der Waals surface area contributed by atoms with E-state index in [2.05, 4.69) is 31.2 Å². The van der Waals surface area contributed by atoms with Crippen molar-refractivity contribution in [1.82, 2.24) is 19.8 Å². The Hall–Kier alpha value is -1.13. The number of ether oxygens (including phenoxy) is 1. The first-order chi connectivity index (χ1) is 12.4. The van der Waals surface area contributed by atoms with Crippen molar-refractivity contribution in [1.29, 1.82) is 0 Å². The second kappa shape index (κ2) is 11.2. The molecule has 0 aromatic carbocycles. The number of nitrogens with one attached hydrogen (secondary N) is 1. The van der Waals surface area contributed by atoms with Crippen LogP contribution in [0.5, 0.6) is 5.75 Å². The van der Waals surface area contributed by atoms with Crippen molar-refractivity contribution in [2.45, 2.75) is 19.4 Å². The Morgan fingerprint density at radius 2 is 2.21 bits per heavy atom. The van der Waals surface area contributed by atoms with Gasteiger partial charge in [0.15, 0.2) is 16.7 Å². The Balaban J connectivity index is 0.00000196. The predicted molar refractivity (Wildman–Crippen MR) is 121 cm³/mol. The van der Waals surface area contributed by atoms with Crippen LogP contribution in [-0.2, 0) is 4.79 Å². The number of rotatable bonds is 6. The first kappa shape index (κ1) is 24.9. The van der Waals surface area contributed by atoms with Gasteiger partial charge in [0.1, 0.15) is 6.10 Å². The van der Waals surface area contributed by atoms with Crippen LogP contribution >= 0.6 is 52.1 Å². The fraction of sp³-hybridized carbons (Fsp3) is 0.471. The monoisotopic (exact) mass is 511 g/mol. The summed E-state index contributed by atoms with van der Waals surface area (Å²) in [6, 6.07) is 1.89. The van der Waals surface area contributed by atoms with Gasteiger partial charge in [-0.15, -0.1) is 36.2 Å². The number of pyridine rings is 1. The third-order valence-electron chi connectivity index (χ3n) is 3.91. The summed E-state index contributed by atoms with van der Waals surface area (Å²) in [5.74, 6) is 1.41. The molecule has 1 amide bonds. The number of thiazole rings is 1. The van der Waals surface area contributed by atoms with Crippen LogP contribution in [0.2, 0.25) is 0 Å². The number of nitrogens with zero attached hydrogens (tertiary/aromatic N) is 4. The summed E-state index contributed by atoms with van der Waals surface area (Å²) >= 11 is 4.97. The molecule has 2 aromatic rings. The van der Waals surface area contributed by atoms with Crippen molar-refractivity contribution in [3.63, 3.8) is 0 Å². The zero-order valence-electron chi connectivity index (χ0n) is 15.8. The quantitative estimate of drug-likeness (QED) is 0.635. The molecule has 156 valence electrons. The largest absolute Gasteiger partial charge is 0.485 e. The molecule has 1 aliphatic rings. The van der Waals surface area contributed by atoms with Crippen LogP contribution < -0.4 is 10.1 Å². The average molecular weight is 513 g/mol. The van der Waals surface area contributed by atoms with Gasteiger partial charge in [-0.1, -0.05) is 0 Å². The van der Waals surface area contributed by atoms with E-state index >= 15 is 0 Å². The summed E-state index contributed by atoms with van der Waals surface area (Å²) in [4.78, 5) is 24.8. The van der Waals surface area contributed by atoms with Crippen molar-refractivity contribution >= 4 is 68.9 Å². The lowest BCUT2D eigenvalue weighted by molar-refractivity contribution is -0.131. The molecule has 1 atom stereocenters. The summed E-state index contributed by atoms with van der Waals surface area (Å²) in [5, 5.41) is 5.97. The van der Waals surface area contributed by atoms with E-state index in [4.69, 9.17) is 4.74 Å². The number of hydrogen-bond acceptors (Lipinski definition) is 7. The molecule has 28 heavy (non-hydrogen) atoms. The number of amides is 1. The molecule has 1 fully saturated rings. The molecule has 3 rings (SSSR count). The number of carbonyl (C=O) groups is 1. The lowest BCUT2D eigenvalue weighted by Gasteiger charge is -2.20. The standard InChI is InChI=1S/C17H22BrN5O2S.2ClH/c1-11-10-26-17(20-11)21-16-14(6-12(18)7-19-16)25-13-4-5-23(8-13)15(24)9-22(2)3;;/h6-7,10,13H,4-5,8-9H2,1-3H3,(H,19,20,21);2*1H. The molecular weight excluding hydrogens is 489 g/mol. The third kappa shape index (κ3) is 6.73. The minimum Gasteiger partial charge on any atom is -0.485 e. The summed E-state index contributed by atoms with van der Waals surface area (Å²) in [7, 11) is 3.79. The molecule has 0 bridgehead atoms.